The summed E-state index contributed by atoms with van der Waals surface area (Å²) in [6.07, 6.45) is -5.55. The van der Waals surface area contributed by atoms with E-state index in [2.05, 4.69) is 10.4 Å². The molecule has 2 aromatic carbocycles. The van der Waals surface area contributed by atoms with Crippen LogP contribution in [0.3, 0.4) is 0 Å². The molecule has 0 spiro atoms. The van der Waals surface area contributed by atoms with Crippen molar-refractivity contribution in [2.75, 3.05) is 12.0 Å². The number of halogens is 5. The molecule has 3 rings (SSSR count). The number of carbonyl (C=O) groups is 1. The normalized spacial score (nSPS) is 12.3. The van der Waals surface area contributed by atoms with Crippen LogP contribution in [-0.4, -0.2) is 39.5 Å². The topological polar surface area (TPSA) is 78.2 Å². The second kappa shape index (κ2) is 10.1. The fourth-order valence-corrected chi connectivity index (χ4v) is 3.16. The highest BCUT2D eigenvalue weighted by Crippen LogP contribution is 2.29. The van der Waals surface area contributed by atoms with Crippen molar-refractivity contribution >= 4 is 11.6 Å². The predicted molar refractivity (Wildman–Crippen MR) is 114 cm³/mol. The highest BCUT2D eigenvalue weighted by Gasteiger charge is 2.28. The van der Waals surface area contributed by atoms with E-state index in [0.717, 1.165) is 12.1 Å². The van der Waals surface area contributed by atoms with Gasteiger partial charge in [-0.05, 0) is 18.2 Å². The predicted octanol–water partition coefficient (Wildman–Crippen LogP) is 4.21. The summed E-state index contributed by atoms with van der Waals surface area (Å²) in [6.45, 7) is 1.89. The van der Waals surface area contributed by atoms with Crippen LogP contribution in [0.2, 0.25) is 0 Å². The van der Waals surface area contributed by atoms with Gasteiger partial charge < -0.3 is 10.1 Å². The molecule has 1 amide bonds. The summed E-state index contributed by atoms with van der Waals surface area (Å²) in [5.74, 6) is -3.56. The molecule has 34 heavy (non-hydrogen) atoms. The molecule has 182 valence electrons. The number of hydrogen-bond acceptors (Lipinski definition) is 4. The summed E-state index contributed by atoms with van der Waals surface area (Å²) in [4.78, 5) is 25.3. The van der Waals surface area contributed by atoms with Crippen LogP contribution in [-0.2, 0) is 7.05 Å². The molecule has 3 aromatic rings. The number of carbonyl (C=O) groups excluding carboxylic acids is 1. The van der Waals surface area contributed by atoms with Crippen molar-refractivity contribution in [3.05, 3.63) is 69.9 Å². The molecule has 1 heterocycles. The first-order valence-corrected chi connectivity index (χ1v) is 10.1. The summed E-state index contributed by atoms with van der Waals surface area (Å²) in [6, 6.07) is 6.51. The average Bonchev–Trinajstić information content (AvgIpc) is 3.08. The standard InChI is InChI=1S/C22H21F5N4O3/c1-11(2)20-29-31(22(33)30(20)3)16-9-17(34-18(10-23)19(26)27)12(8-14(16)25)21(32)28-15-7-5-4-6-13(15)24/h4-9,11,18-19H,10H2,1-3H3,(H,28,32)/t18-/m0/s1. The number of aromatic nitrogens is 3. The molecule has 0 saturated carbocycles. The van der Waals surface area contributed by atoms with Gasteiger partial charge in [0, 0.05) is 19.0 Å². The summed E-state index contributed by atoms with van der Waals surface area (Å²) >= 11 is 0. The Kier molecular flexibility index (Phi) is 7.38. The van der Waals surface area contributed by atoms with Crippen LogP contribution in [0.4, 0.5) is 27.6 Å². The number of rotatable bonds is 8. The molecule has 1 atom stereocenters. The van der Waals surface area contributed by atoms with Crippen LogP contribution in [0.5, 0.6) is 5.75 Å². The minimum atomic E-state index is -3.27. The molecule has 0 unspecified atom stereocenters. The van der Waals surface area contributed by atoms with Crippen molar-refractivity contribution in [2.24, 2.45) is 7.05 Å². The molecule has 0 fully saturated rings. The summed E-state index contributed by atoms with van der Waals surface area (Å²) < 4.78 is 75.3. The summed E-state index contributed by atoms with van der Waals surface area (Å²) in [7, 11) is 1.42. The second-order valence-corrected chi connectivity index (χ2v) is 7.65. The highest BCUT2D eigenvalue weighted by molar-refractivity contribution is 6.06. The zero-order valence-electron chi connectivity index (χ0n) is 18.4. The number of alkyl halides is 3. The van der Waals surface area contributed by atoms with E-state index >= 15 is 4.39 Å². The molecule has 1 aromatic heterocycles. The Balaban J connectivity index is 2.14. The van der Waals surface area contributed by atoms with Gasteiger partial charge in [-0.25, -0.2) is 26.7 Å². The largest absolute Gasteiger partial charge is 0.481 e. The molecule has 0 aliphatic carbocycles. The van der Waals surface area contributed by atoms with E-state index in [1.807, 2.05) is 0 Å². The van der Waals surface area contributed by atoms with E-state index < -0.39 is 59.4 Å². The fourth-order valence-electron chi connectivity index (χ4n) is 3.16. The summed E-state index contributed by atoms with van der Waals surface area (Å²) in [5.41, 5.74) is -2.12. The van der Waals surface area contributed by atoms with Crippen LogP contribution >= 0.6 is 0 Å². The van der Waals surface area contributed by atoms with Crippen molar-refractivity contribution in [1.82, 2.24) is 14.3 Å². The van der Waals surface area contributed by atoms with Gasteiger partial charge >= 0.3 is 5.69 Å². The Morgan fingerprint density at radius 1 is 1.15 bits per heavy atom. The van der Waals surface area contributed by atoms with Crippen molar-refractivity contribution < 1.29 is 31.5 Å². The first-order chi connectivity index (χ1) is 16.0. The van der Waals surface area contributed by atoms with Crippen LogP contribution in [0.1, 0.15) is 35.9 Å². The smallest absolute Gasteiger partial charge is 0.350 e. The van der Waals surface area contributed by atoms with Crippen molar-refractivity contribution in [1.29, 1.82) is 0 Å². The third-order valence-electron chi connectivity index (χ3n) is 4.89. The Bertz CT molecular complexity index is 1260. The number of hydrogen-bond donors (Lipinski definition) is 1. The van der Waals surface area contributed by atoms with Gasteiger partial charge in [-0.2, -0.15) is 4.68 Å². The van der Waals surface area contributed by atoms with E-state index in [4.69, 9.17) is 4.74 Å². The van der Waals surface area contributed by atoms with Gasteiger partial charge in [0.25, 0.3) is 12.3 Å². The highest BCUT2D eigenvalue weighted by atomic mass is 19.3. The average molecular weight is 484 g/mol. The molecule has 0 saturated heterocycles. The first-order valence-electron chi connectivity index (χ1n) is 10.1. The molecular formula is C22H21F5N4O3. The lowest BCUT2D eigenvalue weighted by molar-refractivity contribution is -0.00158. The molecule has 0 aliphatic heterocycles. The number of amides is 1. The zero-order chi connectivity index (χ0) is 25.2. The minimum absolute atomic E-state index is 0.210. The Labute approximate surface area is 190 Å². The van der Waals surface area contributed by atoms with Crippen LogP contribution in [0.15, 0.2) is 41.2 Å². The van der Waals surface area contributed by atoms with E-state index in [1.165, 1.54) is 29.8 Å². The molecule has 0 aliphatic rings. The lowest BCUT2D eigenvalue weighted by atomic mass is 10.1. The van der Waals surface area contributed by atoms with Crippen LogP contribution in [0, 0.1) is 11.6 Å². The van der Waals surface area contributed by atoms with Gasteiger partial charge in [0.15, 0.2) is 6.10 Å². The lowest BCUT2D eigenvalue weighted by Gasteiger charge is -2.19. The van der Waals surface area contributed by atoms with Crippen molar-refractivity contribution in [3.8, 4) is 11.4 Å². The third-order valence-corrected chi connectivity index (χ3v) is 4.89. The van der Waals surface area contributed by atoms with Gasteiger partial charge in [0.05, 0.1) is 11.3 Å². The van der Waals surface area contributed by atoms with E-state index in [1.54, 1.807) is 13.8 Å². The second-order valence-electron chi connectivity index (χ2n) is 7.65. The Morgan fingerprint density at radius 3 is 2.38 bits per heavy atom. The number of nitrogens with zero attached hydrogens (tertiary/aromatic N) is 3. The Morgan fingerprint density at radius 2 is 1.82 bits per heavy atom. The summed E-state index contributed by atoms with van der Waals surface area (Å²) in [5, 5.41) is 6.25. The number of ether oxygens (including phenoxy) is 1. The fraction of sp³-hybridized carbons (Fsp3) is 0.318. The number of nitrogens with one attached hydrogen (secondary N) is 1. The van der Waals surface area contributed by atoms with E-state index in [9.17, 15) is 27.2 Å². The van der Waals surface area contributed by atoms with Crippen LogP contribution < -0.4 is 15.7 Å². The molecule has 0 bridgehead atoms. The van der Waals surface area contributed by atoms with E-state index in [0.29, 0.717) is 16.6 Å². The number of anilines is 1. The molecular weight excluding hydrogens is 463 g/mol. The first kappa shape index (κ1) is 24.9. The molecule has 1 N–H and O–H groups in total. The van der Waals surface area contributed by atoms with Gasteiger partial charge in [0.2, 0.25) is 0 Å². The maximum atomic E-state index is 15.1. The molecule has 12 heteroatoms. The third kappa shape index (κ3) is 4.95. The monoisotopic (exact) mass is 484 g/mol. The maximum Gasteiger partial charge on any atom is 0.350 e. The van der Waals surface area contributed by atoms with Gasteiger partial charge in [0.1, 0.15) is 35.6 Å². The quantitative estimate of drug-likeness (QED) is 0.486. The van der Waals surface area contributed by atoms with Gasteiger partial charge in [-0.15, -0.1) is 5.10 Å². The van der Waals surface area contributed by atoms with Crippen LogP contribution in [0.25, 0.3) is 5.69 Å². The van der Waals surface area contributed by atoms with Crippen molar-refractivity contribution in [2.45, 2.75) is 32.3 Å². The number of para-hydroxylation sites is 1. The maximum absolute atomic E-state index is 15.1. The van der Waals surface area contributed by atoms with Gasteiger partial charge in [-0.1, -0.05) is 26.0 Å². The lowest BCUT2D eigenvalue weighted by Crippen LogP contribution is -2.29. The van der Waals surface area contributed by atoms with Gasteiger partial charge in [-0.3, -0.25) is 9.36 Å². The molecule has 0 radical (unpaired) electrons. The SMILES string of the molecule is CC(C)c1nn(-c2cc(O[C@@H](CF)C(F)F)c(C(=O)Nc3ccccc3F)cc2F)c(=O)n1C. The van der Waals surface area contributed by atoms with E-state index in [-0.39, 0.29) is 11.6 Å². The Hall–Kier alpha value is -3.70. The van der Waals surface area contributed by atoms with Crippen molar-refractivity contribution in [3.63, 3.8) is 0 Å². The zero-order valence-corrected chi connectivity index (χ0v) is 18.4. The minimum Gasteiger partial charge on any atom is -0.481 e. The number of benzene rings is 2. The molecule has 7 nitrogen and oxygen atoms in total.